The van der Waals surface area contributed by atoms with E-state index in [1.165, 1.54) is 7.11 Å². The molecular formula is C25H30N4O5. The van der Waals surface area contributed by atoms with Crippen LogP contribution in [-0.4, -0.2) is 48.0 Å². The van der Waals surface area contributed by atoms with Crippen molar-refractivity contribution in [3.8, 4) is 22.9 Å². The second kappa shape index (κ2) is 12.5. The molecule has 34 heavy (non-hydrogen) atoms. The van der Waals surface area contributed by atoms with Crippen LogP contribution in [0.1, 0.15) is 37.6 Å². The number of rotatable bonds is 12. The van der Waals surface area contributed by atoms with Crippen LogP contribution >= 0.6 is 0 Å². The van der Waals surface area contributed by atoms with E-state index < -0.39 is 0 Å². The molecule has 0 fully saturated rings. The number of carbonyl (C=O) groups excluding carboxylic acids is 1. The molecule has 3 aromatic rings. The Morgan fingerprint density at radius 1 is 1.09 bits per heavy atom. The fraction of sp³-hybridized carbons (Fsp3) is 0.360. The third-order valence-electron chi connectivity index (χ3n) is 5.16. The zero-order chi connectivity index (χ0) is 24.3. The van der Waals surface area contributed by atoms with Gasteiger partial charge in [-0.25, -0.2) is 0 Å². The summed E-state index contributed by atoms with van der Waals surface area (Å²) in [6, 6.07) is 14.8. The molecule has 180 valence electrons. The number of benzene rings is 2. The Morgan fingerprint density at radius 2 is 1.88 bits per heavy atom. The van der Waals surface area contributed by atoms with Gasteiger partial charge >= 0.3 is 0 Å². The summed E-state index contributed by atoms with van der Waals surface area (Å²) >= 11 is 0. The molecule has 2 N–H and O–H groups in total. The molecular weight excluding hydrogens is 436 g/mol. The van der Waals surface area contributed by atoms with Crippen molar-refractivity contribution in [3.63, 3.8) is 0 Å². The van der Waals surface area contributed by atoms with Crippen LogP contribution in [0.3, 0.4) is 0 Å². The van der Waals surface area contributed by atoms with E-state index in [0.717, 1.165) is 5.56 Å². The molecule has 3 rings (SSSR count). The van der Waals surface area contributed by atoms with Gasteiger partial charge < -0.3 is 24.5 Å². The predicted octanol–water partition coefficient (Wildman–Crippen LogP) is 3.07. The van der Waals surface area contributed by atoms with Gasteiger partial charge in [0.2, 0.25) is 5.91 Å². The van der Waals surface area contributed by atoms with E-state index in [-0.39, 0.29) is 36.0 Å². The number of aromatic amines is 1. The Hall–Kier alpha value is -3.72. The van der Waals surface area contributed by atoms with Crippen molar-refractivity contribution in [2.45, 2.75) is 32.7 Å². The molecule has 0 saturated carbocycles. The van der Waals surface area contributed by atoms with Crippen LogP contribution in [0.5, 0.6) is 11.5 Å². The third kappa shape index (κ3) is 6.89. The lowest BCUT2D eigenvalue weighted by atomic mass is 10.1. The molecule has 9 heteroatoms. The SMILES string of the molecule is CCOCCOc1ccc(-c2nnc(CCC(=O)N[C@@H](C)c3ccccc3)c(=O)[nH]2)cc1OC. The fourth-order valence-corrected chi connectivity index (χ4v) is 3.31. The summed E-state index contributed by atoms with van der Waals surface area (Å²) < 4.78 is 16.3. The van der Waals surface area contributed by atoms with Gasteiger partial charge in [0.05, 0.1) is 19.8 Å². The van der Waals surface area contributed by atoms with Gasteiger partial charge in [0, 0.05) is 25.0 Å². The smallest absolute Gasteiger partial charge is 0.273 e. The molecule has 1 atom stereocenters. The predicted molar refractivity (Wildman–Crippen MR) is 128 cm³/mol. The van der Waals surface area contributed by atoms with Gasteiger partial charge in [0.15, 0.2) is 17.3 Å². The van der Waals surface area contributed by atoms with E-state index >= 15 is 0 Å². The van der Waals surface area contributed by atoms with Crippen LogP contribution in [0.25, 0.3) is 11.4 Å². The van der Waals surface area contributed by atoms with Crippen molar-refractivity contribution in [2.24, 2.45) is 0 Å². The summed E-state index contributed by atoms with van der Waals surface area (Å²) in [5.41, 5.74) is 1.46. The summed E-state index contributed by atoms with van der Waals surface area (Å²) in [5.74, 6) is 1.21. The van der Waals surface area contributed by atoms with Crippen molar-refractivity contribution < 1.29 is 19.0 Å². The Morgan fingerprint density at radius 3 is 2.59 bits per heavy atom. The zero-order valence-electron chi connectivity index (χ0n) is 19.7. The second-order valence-corrected chi connectivity index (χ2v) is 7.56. The topological polar surface area (TPSA) is 115 Å². The van der Waals surface area contributed by atoms with Gasteiger partial charge in [-0.15, -0.1) is 10.2 Å². The first-order valence-corrected chi connectivity index (χ1v) is 11.2. The van der Waals surface area contributed by atoms with Crippen molar-refractivity contribution >= 4 is 5.91 Å². The van der Waals surface area contributed by atoms with Crippen molar-refractivity contribution in [1.29, 1.82) is 0 Å². The standard InChI is InChI=1S/C25H30N4O5/c1-4-33-14-15-34-21-12-10-19(16-22(21)32-3)24-27-25(31)20(28-29-24)11-13-23(30)26-17(2)18-8-6-5-7-9-18/h5-10,12,16-17H,4,11,13-15H2,1-3H3,(H,26,30)(H,27,29,31)/t17-/m0/s1. The summed E-state index contributed by atoms with van der Waals surface area (Å²) in [7, 11) is 1.54. The fourth-order valence-electron chi connectivity index (χ4n) is 3.31. The van der Waals surface area contributed by atoms with E-state index in [1.807, 2.05) is 44.2 Å². The van der Waals surface area contributed by atoms with E-state index in [2.05, 4.69) is 20.5 Å². The van der Waals surface area contributed by atoms with Gasteiger partial charge in [-0.3, -0.25) is 9.59 Å². The van der Waals surface area contributed by atoms with E-state index in [1.54, 1.807) is 18.2 Å². The minimum Gasteiger partial charge on any atom is -0.493 e. The molecule has 9 nitrogen and oxygen atoms in total. The maximum absolute atomic E-state index is 12.5. The molecule has 0 aliphatic carbocycles. The van der Waals surface area contributed by atoms with Crippen molar-refractivity contribution in [3.05, 3.63) is 70.1 Å². The Kier molecular flexibility index (Phi) is 9.16. The lowest BCUT2D eigenvalue weighted by Gasteiger charge is -2.14. The monoisotopic (exact) mass is 466 g/mol. The number of nitrogens with one attached hydrogen (secondary N) is 2. The van der Waals surface area contributed by atoms with Crippen LogP contribution in [0.2, 0.25) is 0 Å². The highest BCUT2D eigenvalue weighted by Crippen LogP contribution is 2.31. The first-order chi connectivity index (χ1) is 16.5. The number of carbonyl (C=O) groups is 1. The molecule has 1 aromatic heterocycles. The van der Waals surface area contributed by atoms with Crippen LogP contribution in [0, 0.1) is 0 Å². The van der Waals surface area contributed by atoms with E-state index in [4.69, 9.17) is 14.2 Å². The quantitative estimate of drug-likeness (QED) is 0.394. The maximum Gasteiger partial charge on any atom is 0.273 e. The van der Waals surface area contributed by atoms with Crippen molar-refractivity contribution in [1.82, 2.24) is 20.5 Å². The van der Waals surface area contributed by atoms with Gasteiger partial charge in [0.25, 0.3) is 5.56 Å². The van der Waals surface area contributed by atoms with E-state index in [9.17, 15) is 9.59 Å². The number of hydrogen-bond donors (Lipinski definition) is 2. The molecule has 1 amide bonds. The Balaban J connectivity index is 1.61. The van der Waals surface area contributed by atoms with Crippen molar-refractivity contribution in [2.75, 3.05) is 26.9 Å². The normalized spacial score (nSPS) is 11.6. The number of amides is 1. The number of hydrogen-bond acceptors (Lipinski definition) is 7. The number of H-pyrrole nitrogens is 1. The van der Waals surface area contributed by atoms with Gasteiger partial charge in [-0.05, 0) is 37.6 Å². The van der Waals surface area contributed by atoms with Gasteiger partial charge in [0.1, 0.15) is 12.3 Å². The van der Waals surface area contributed by atoms with Crippen LogP contribution < -0.4 is 20.3 Å². The van der Waals surface area contributed by atoms with Crippen LogP contribution in [0.4, 0.5) is 0 Å². The molecule has 0 saturated heterocycles. The second-order valence-electron chi connectivity index (χ2n) is 7.56. The highest BCUT2D eigenvalue weighted by atomic mass is 16.5. The number of methoxy groups -OCH3 is 1. The largest absolute Gasteiger partial charge is 0.493 e. The number of aryl methyl sites for hydroxylation is 1. The Labute approximate surface area is 198 Å². The van der Waals surface area contributed by atoms with E-state index in [0.29, 0.717) is 42.7 Å². The highest BCUT2D eigenvalue weighted by Gasteiger charge is 2.14. The van der Waals surface area contributed by atoms with Gasteiger partial charge in [-0.2, -0.15) is 0 Å². The zero-order valence-corrected chi connectivity index (χ0v) is 19.7. The average Bonchev–Trinajstić information content (AvgIpc) is 2.86. The Bertz CT molecular complexity index is 1130. The molecule has 1 heterocycles. The molecule has 0 aliphatic heterocycles. The van der Waals surface area contributed by atoms with Crippen LogP contribution in [-0.2, 0) is 16.0 Å². The molecule has 2 aromatic carbocycles. The maximum atomic E-state index is 12.5. The average molecular weight is 467 g/mol. The first-order valence-electron chi connectivity index (χ1n) is 11.2. The minimum atomic E-state index is -0.384. The molecule has 0 aliphatic rings. The first kappa shape index (κ1) is 24.9. The molecule has 0 bridgehead atoms. The summed E-state index contributed by atoms with van der Waals surface area (Å²) in [6.45, 7) is 5.33. The number of nitrogens with zero attached hydrogens (tertiary/aromatic N) is 2. The third-order valence-corrected chi connectivity index (χ3v) is 5.16. The van der Waals surface area contributed by atoms with Gasteiger partial charge in [-0.1, -0.05) is 30.3 Å². The summed E-state index contributed by atoms with van der Waals surface area (Å²) in [4.78, 5) is 27.6. The lowest BCUT2D eigenvalue weighted by molar-refractivity contribution is -0.121. The lowest BCUT2D eigenvalue weighted by Crippen LogP contribution is -2.28. The highest BCUT2D eigenvalue weighted by molar-refractivity contribution is 5.76. The molecule has 0 radical (unpaired) electrons. The summed E-state index contributed by atoms with van der Waals surface area (Å²) in [5, 5.41) is 11.1. The number of ether oxygens (including phenoxy) is 3. The molecule has 0 unspecified atom stereocenters. The minimum absolute atomic E-state index is 0.124. The number of aromatic nitrogens is 3. The molecule has 0 spiro atoms. The summed E-state index contributed by atoms with van der Waals surface area (Å²) in [6.07, 6.45) is 0.321. The van der Waals surface area contributed by atoms with Crippen LogP contribution in [0.15, 0.2) is 53.3 Å².